The molecule has 1 saturated heterocycles. The van der Waals surface area contributed by atoms with Crippen LogP contribution in [0.3, 0.4) is 0 Å². The zero-order valence-corrected chi connectivity index (χ0v) is 47.3. The van der Waals surface area contributed by atoms with Crippen LogP contribution in [-0.4, -0.2) is 178 Å². The lowest BCUT2D eigenvalue weighted by Gasteiger charge is -2.33. The Morgan fingerprint density at radius 3 is 1.95 bits per heavy atom. The van der Waals surface area contributed by atoms with E-state index < -0.39 is 168 Å². The molecule has 0 radical (unpaired) electrons. The van der Waals surface area contributed by atoms with Crippen LogP contribution in [0.25, 0.3) is 0 Å². The summed E-state index contributed by atoms with van der Waals surface area (Å²) < 4.78 is 5.73. The summed E-state index contributed by atoms with van der Waals surface area (Å²) in [6, 6.07) is -5.15. The van der Waals surface area contributed by atoms with Gasteiger partial charge in [-0.1, -0.05) is 77.8 Å². The molecule has 2 rings (SSSR count). The number of cyclic esters (lactones) is 1. The fourth-order valence-corrected chi connectivity index (χ4v) is 8.67. The molecule has 1 aliphatic rings. The van der Waals surface area contributed by atoms with E-state index >= 15 is 0 Å². The van der Waals surface area contributed by atoms with E-state index in [9.17, 15) is 67.7 Å². The predicted octanol–water partition coefficient (Wildman–Crippen LogP) is -2.44. The lowest BCUT2D eigenvalue weighted by atomic mass is 9.96. The van der Waals surface area contributed by atoms with Gasteiger partial charge in [0.25, 0.3) is 0 Å². The molecule has 1 fully saturated rings. The third-order valence-electron chi connectivity index (χ3n) is 13.1. The summed E-state index contributed by atoms with van der Waals surface area (Å²) >= 11 is 6.46. The first-order valence-electron chi connectivity index (χ1n) is 26.4. The van der Waals surface area contributed by atoms with Gasteiger partial charge in [0.05, 0.1) is 37.6 Å². The minimum atomic E-state index is -1.85. The summed E-state index contributed by atoms with van der Waals surface area (Å²) in [6.07, 6.45) is -5.70. The van der Waals surface area contributed by atoms with Crippen molar-refractivity contribution < 1.29 is 72.5 Å². The number of aliphatic hydroxyl groups excluding tert-OH is 2. The van der Waals surface area contributed by atoms with Gasteiger partial charge in [0.15, 0.2) is 0 Å². The number of ether oxygens (including phenoxy) is 1. The zero-order valence-electron chi connectivity index (χ0n) is 46.6. The van der Waals surface area contributed by atoms with Crippen molar-refractivity contribution in [3.8, 4) is 0 Å². The largest absolute Gasteiger partial charge is 0.459 e. The van der Waals surface area contributed by atoms with E-state index in [4.69, 9.17) is 22.1 Å². The number of alkyl halides is 1. The summed E-state index contributed by atoms with van der Waals surface area (Å²) in [7, 11) is 1.28. The number of likely N-dealkylation sites (N-methyl/N-ethyl adjacent to an activating group) is 1. The van der Waals surface area contributed by atoms with E-state index in [1.54, 1.807) is 58.0 Å². The number of hydrogen-bond acceptors (Lipinski definition) is 15. The fourth-order valence-electron chi connectivity index (χ4n) is 8.52. The highest BCUT2D eigenvalue weighted by molar-refractivity contribution is 6.20. The van der Waals surface area contributed by atoms with Gasteiger partial charge in [0, 0.05) is 24.8 Å². The smallest absolute Gasteiger partial charge is 0.328 e. The summed E-state index contributed by atoms with van der Waals surface area (Å²) in [5.41, 5.74) is 6.02. The number of hydrogen-bond donors (Lipinski definition) is 12. The maximum absolute atomic E-state index is 14.2. The molecule has 0 aliphatic carbocycles. The number of carbonyl (C=O) groups excluding carboxylic acids is 12. The minimum Gasteiger partial charge on any atom is -0.459 e. The van der Waals surface area contributed by atoms with E-state index in [-0.39, 0.29) is 31.6 Å². The molecule has 0 aromatic heterocycles. The van der Waals surface area contributed by atoms with Crippen molar-refractivity contribution in [1.82, 2.24) is 52.8 Å². The second-order valence-corrected chi connectivity index (χ2v) is 21.0. The highest BCUT2D eigenvalue weighted by Gasteiger charge is 2.40. The molecule has 14 atom stereocenters. The molecule has 79 heavy (non-hydrogen) atoms. The number of halogens is 1. The first-order chi connectivity index (χ1) is 37.1. The summed E-state index contributed by atoms with van der Waals surface area (Å²) in [4.78, 5) is 164. The predicted molar refractivity (Wildman–Crippen MR) is 287 cm³/mol. The number of benzene rings is 1. The number of carbonyl (C=O) groups is 12. The molecule has 442 valence electrons. The molecule has 1 aromatic rings. The Balaban J connectivity index is 2.79. The van der Waals surface area contributed by atoms with E-state index in [0.29, 0.717) is 24.8 Å². The van der Waals surface area contributed by atoms with Gasteiger partial charge in [0.1, 0.15) is 54.4 Å². The van der Waals surface area contributed by atoms with Crippen LogP contribution in [0.1, 0.15) is 113 Å². The number of nitrogens with zero attached hydrogens (tertiary/aromatic N) is 1. The minimum absolute atomic E-state index is 0.0104. The molecule has 13 N–H and O–H groups in total. The van der Waals surface area contributed by atoms with Crippen LogP contribution in [-0.2, 0) is 68.7 Å². The van der Waals surface area contributed by atoms with Gasteiger partial charge in [-0.15, -0.1) is 11.6 Å². The molecule has 26 nitrogen and oxygen atoms in total. The molecule has 0 unspecified atom stereocenters. The van der Waals surface area contributed by atoms with Crippen molar-refractivity contribution in [3.63, 3.8) is 0 Å². The van der Waals surface area contributed by atoms with Crippen molar-refractivity contribution in [3.05, 3.63) is 35.9 Å². The number of nitrogens with two attached hydrogens (primary N) is 1. The molecule has 1 heterocycles. The van der Waals surface area contributed by atoms with Crippen LogP contribution in [0.5, 0.6) is 0 Å². The van der Waals surface area contributed by atoms with Crippen LogP contribution in [0.15, 0.2) is 30.3 Å². The lowest BCUT2D eigenvalue weighted by Crippen LogP contribution is -2.63. The zero-order chi connectivity index (χ0) is 59.8. The van der Waals surface area contributed by atoms with Crippen LogP contribution >= 0.6 is 11.6 Å². The second kappa shape index (κ2) is 33.5. The van der Waals surface area contributed by atoms with Gasteiger partial charge < -0.3 is 73.4 Å². The highest BCUT2D eigenvalue weighted by atomic mass is 35.5. The molecule has 1 aliphatic heterocycles. The Morgan fingerprint density at radius 2 is 1.39 bits per heavy atom. The third kappa shape index (κ3) is 22.4. The molecular formula is C52H82ClN11O15. The van der Waals surface area contributed by atoms with Crippen LogP contribution in [0.2, 0.25) is 0 Å². The normalized spacial score (nSPS) is 26.9. The topological polar surface area (TPSA) is 392 Å². The first kappa shape index (κ1) is 68.2. The number of nitrogens with one attached hydrogen (secondary N) is 9. The first-order valence-corrected chi connectivity index (χ1v) is 26.9. The Morgan fingerprint density at radius 1 is 0.797 bits per heavy atom. The SMILES string of the molecule is CCC[C@@H]1C(=O)N[C@H]([C@H](C)[C@@H](C)Cl)C(=O)N[C@H](CC(N)=O)C(=O)N[C@H]([C@@H](C)O)C(=O)N[C@@H](Cc2ccccc2)C(=O)NCC(=O)N[C@H](CCC)C(=O)O[C@@H](C)[C@H](NC(=O)[C@@H](CC(C)C)NC=O)[C@H](O)CC(=O)N[C@H](C)C(=O)N1C. The Bertz CT molecular complexity index is 2280. The summed E-state index contributed by atoms with van der Waals surface area (Å²) in [5, 5.41) is 43.8. The van der Waals surface area contributed by atoms with Crippen molar-refractivity contribution >= 4 is 83.1 Å². The van der Waals surface area contributed by atoms with E-state index in [2.05, 4.69) is 47.9 Å². The number of primary amides is 1. The molecule has 0 bridgehead atoms. The molecule has 27 heteroatoms. The van der Waals surface area contributed by atoms with Crippen LogP contribution in [0.4, 0.5) is 0 Å². The maximum Gasteiger partial charge on any atom is 0.328 e. The Labute approximate surface area is 465 Å². The second-order valence-electron chi connectivity index (χ2n) is 20.3. The summed E-state index contributed by atoms with van der Waals surface area (Å²) in [6.45, 7) is 13.0. The van der Waals surface area contributed by atoms with Gasteiger partial charge >= 0.3 is 5.97 Å². The van der Waals surface area contributed by atoms with Gasteiger partial charge in [-0.3, -0.25) is 52.7 Å². The van der Waals surface area contributed by atoms with Crippen molar-refractivity contribution in [2.24, 2.45) is 17.6 Å². The van der Waals surface area contributed by atoms with E-state index in [0.717, 1.165) is 11.8 Å². The molecule has 1 aromatic carbocycles. The average Bonchev–Trinajstić information content (AvgIpc) is 3.37. The third-order valence-corrected chi connectivity index (χ3v) is 13.5. The number of amides is 11. The van der Waals surface area contributed by atoms with Gasteiger partial charge in [-0.05, 0) is 58.4 Å². The maximum atomic E-state index is 14.2. The standard InChI is InChI=1S/C52H82ClN11O15/c1-11-16-33-52(78)79-31(9)44(63-46(72)34(56-25-65)20-26(3)4)38(67)23-40(69)57-29(7)51(77)64(10)37(17-12-2)48(74)61-42(27(5)28(6)53)49(75)60-36(22-39(54)68)47(73)62-43(30(8)66)50(76)59-35(21-32-18-14-13-15-19-32)45(71)55-24-41(70)58-33/h13-15,18-19,25-31,33-38,42-44,66-67H,11-12,16-17,20-24H2,1-10H3,(H2,54,68)(H,55,71)(H,56,65)(H,57,69)(H,58,70)(H,59,76)(H,60,75)(H,61,74)(H,62,73)(H,63,72)/t27-,28-,29-,30-,31+,33-,34-,35+,36-,37-,38-,42-,43-,44+/m1/s1. The van der Waals surface area contributed by atoms with Crippen LogP contribution in [0, 0.1) is 11.8 Å². The van der Waals surface area contributed by atoms with Crippen molar-refractivity contribution in [1.29, 1.82) is 0 Å². The number of rotatable bonds is 17. The Kier molecular flexibility index (Phi) is 28.9. The number of aliphatic hydroxyl groups is 2. The van der Waals surface area contributed by atoms with Gasteiger partial charge in [-0.25, -0.2) is 4.79 Å². The molecular weight excluding hydrogens is 1050 g/mol. The average molecular weight is 1140 g/mol. The monoisotopic (exact) mass is 1140 g/mol. The van der Waals surface area contributed by atoms with Crippen molar-refractivity contribution in [2.75, 3.05) is 13.6 Å². The Hall–Kier alpha value is -6.93. The summed E-state index contributed by atoms with van der Waals surface area (Å²) in [5.74, 6) is -11.7. The van der Waals surface area contributed by atoms with E-state index in [1.165, 1.54) is 34.7 Å². The van der Waals surface area contributed by atoms with Crippen LogP contribution < -0.4 is 53.6 Å². The molecule has 0 saturated carbocycles. The molecule has 11 amide bonds. The van der Waals surface area contributed by atoms with E-state index in [1.807, 2.05) is 0 Å². The van der Waals surface area contributed by atoms with Crippen molar-refractivity contribution in [2.45, 2.75) is 192 Å². The molecule has 0 spiro atoms. The van der Waals surface area contributed by atoms with Gasteiger partial charge in [-0.2, -0.15) is 0 Å². The fraction of sp³-hybridized carbons (Fsp3) is 0.654. The number of esters is 1. The van der Waals surface area contributed by atoms with Gasteiger partial charge in [0.2, 0.25) is 65.5 Å². The lowest BCUT2D eigenvalue weighted by molar-refractivity contribution is -0.156. The quantitative estimate of drug-likeness (QED) is 0.0438. The highest BCUT2D eigenvalue weighted by Crippen LogP contribution is 2.18.